The van der Waals surface area contributed by atoms with Crippen molar-refractivity contribution in [3.8, 4) is 0 Å². The Morgan fingerprint density at radius 1 is 1.25 bits per heavy atom. The van der Waals surface area contributed by atoms with Crippen LogP contribution in [0.1, 0.15) is 12.8 Å². The lowest BCUT2D eigenvalue weighted by atomic mass is 10.0. The molecule has 0 aliphatic carbocycles. The molecule has 12 heavy (non-hydrogen) atoms. The summed E-state index contributed by atoms with van der Waals surface area (Å²) in [4.78, 5) is 0. The largest absolute Gasteiger partial charge is 0.406 e. The predicted octanol–water partition coefficient (Wildman–Crippen LogP) is 2.06. The predicted molar refractivity (Wildman–Crippen MR) is 39.2 cm³/mol. The van der Waals surface area contributed by atoms with Crippen molar-refractivity contribution < 1.29 is 17.6 Å². The number of hydrogen-bond acceptors (Lipinski definition) is 1. The summed E-state index contributed by atoms with van der Waals surface area (Å²) < 4.78 is 48.2. The van der Waals surface area contributed by atoms with E-state index in [9.17, 15) is 17.6 Å². The molecular formula is C6H10ClF4N. The summed E-state index contributed by atoms with van der Waals surface area (Å²) in [5.74, 6) is 0. The van der Waals surface area contributed by atoms with Crippen molar-refractivity contribution in [3.63, 3.8) is 0 Å². The van der Waals surface area contributed by atoms with Gasteiger partial charge in [0.1, 0.15) is 12.2 Å². The molecular weight excluding hydrogens is 198 g/mol. The number of piperidine rings is 1. The van der Waals surface area contributed by atoms with Gasteiger partial charge in [0.15, 0.2) is 0 Å². The van der Waals surface area contributed by atoms with E-state index < -0.39 is 18.4 Å². The van der Waals surface area contributed by atoms with Crippen molar-refractivity contribution in [2.45, 2.75) is 31.2 Å². The molecule has 0 spiro atoms. The highest BCUT2D eigenvalue weighted by Gasteiger charge is 2.45. The van der Waals surface area contributed by atoms with Gasteiger partial charge in [0, 0.05) is 0 Å². The summed E-state index contributed by atoms with van der Waals surface area (Å²) in [7, 11) is 0. The minimum atomic E-state index is -4.44. The van der Waals surface area contributed by atoms with Crippen LogP contribution in [0.15, 0.2) is 0 Å². The molecule has 1 heterocycles. The van der Waals surface area contributed by atoms with Crippen LogP contribution >= 0.6 is 12.4 Å². The van der Waals surface area contributed by atoms with Gasteiger partial charge in [-0.1, -0.05) is 0 Å². The lowest BCUT2D eigenvalue weighted by Gasteiger charge is -2.28. The van der Waals surface area contributed by atoms with Gasteiger partial charge in [0.25, 0.3) is 0 Å². The second-order valence-corrected chi connectivity index (χ2v) is 2.63. The molecule has 1 aliphatic heterocycles. The van der Waals surface area contributed by atoms with Gasteiger partial charge in [0.05, 0.1) is 0 Å². The first-order chi connectivity index (χ1) is 5.02. The van der Waals surface area contributed by atoms with E-state index in [2.05, 4.69) is 5.32 Å². The molecule has 1 aliphatic rings. The smallest absolute Gasteiger partial charge is 0.304 e. The van der Waals surface area contributed by atoms with Crippen LogP contribution in [0.25, 0.3) is 0 Å². The third-order valence-corrected chi connectivity index (χ3v) is 1.74. The van der Waals surface area contributed by atoms with Crippen molar-refractivity contribution >= 4 is 12.4 Å². The molecule has 0 aromatic heterocycles. The van der Waals surface area contributed by atoms with E-state index in [-0.39, 0.29) is 25.4 Å². The normalized spacial score (nSPS) is 31.0. The van der Waals surface area contributed by atoms with Crippen LogP contribution < -0.4 is 5.32 Å². The van der Waals surface area contributed by atoms with E-state index in [0.29, 0.717) is 6.42 Å². The molecule has 1 fully saturated rings. The second-order valence-electron chi connectivity index (χ2n) is 2.63. The summed E-state index contributed by atoms with van der Waals surface area (Å²) in [5, 5.41) is 2.11. The molecule has 1 N–H and O–H groups in total. The highest BCUT2D eigenvalue weighted by molar-refractivity contribution is 5.85. The van der Waals surface area contributed by atoms with Gasteiger partial charge < -0.3 is 5.32 Å². The van der Waals surface area contributed by atoms with Crippen molar-refractivity contribution in [1.82, 2.24) is 5.32 Å². The summed E-state index contributed by atoms with van der Waals surface area (Å²) in [6, 6.07) is -1.95. The minimum Gasteiger partial charge on any atom is -0.304 e. The average Bonchev–Trinajstić information content (AvgIpc) is 1.86. The molecule has 6 heteroatoms. The maximum Gasteiger partial charge on any atom is 0.406 e. The number of rotatable bonds is 0. The van der Waals surface area contributed by atoms with Crippen LogP contribution in [0, 0.1) is 0 Å². The van der Waals surface area contributed by atoms with E-state index in [4.69, 9.17) is 0 Å². The van der Waals surface area contributed by atoms with Crippen LogP contribution in [0.5, 0.6) is 0 Å². The molecule has 0 saturated carbocycles. The molecule has 0 radical (unpaired) electrons. The van der Waals surface area contributed by atoms with Gasteiger partial charge in [-0.2, -0.15) is 13.2 Å². The highest BCUT2D eigenvalue weighted by atomic mass is 35.5. The minimum absolute atomic E-state index is 0. The van der Waals surface area contributed by atoms with Crippen molar-refractivity contribution in [2.24, 2.45) is 0 Å². The molecule has 74 valence electrons. The third-order valence-electron chi connectivity index (χ3n) is 1.74. The zero-order chi connectivity index (χ0) is 8.48. The quantitative estimate of drug-likeness (QED) is 0.600. The van der Waals surface area contributed by atoms with Gasteiger partial charge in [-0.05, 0) is 19.4 Å². The van der Waals surface area contributed by atoms with Crippen LogP contribution in [-0.2, 0) is 0 Å². The Balaban J connectivity index is 0.00000121. The number of nitrogens with one attached hydrogen (secondary N) is 1. The molecule has 1 rings (SSSR count). The first-order valence-electron chi connectivity index (χ1n) is 3.46. The van der Waals surface area contributed by atoms with Crippen molar-refractivity contribution in [2.75, 3.05) is 6.54 Å². The Kier molecular flexibility index (Phi) is 4.26. The SMILES string of the molecule is Cl.F[C@@H]1CCCN[C@@H]1C(F)(F)F. The first-order valence-corrected chi connectivity index (χ1v) is 3.46. The molecule has 2 atom stereocenters. The fourth-order valence-electron chi connectivity index (χ4n) is 1.17. The number of hydrogen-bond donors (Lipinski definition) is 1. The van der Waals surface area contributed by atoms with Gasteiger partial charge in [0.2, 0.25) is 0 Å². The average molecular weight is 208 g/mol. The number of alkyl halides is 4. The fourth-order valence-corrected chi connectivity index (χ4v) is 1.17. The zero-order valence-corrected chi connectivity index (χ0v) is 7.01. The molecule has 0 aromatic carbocycles. The lowest BCUT2D eigenvalue weighted by Crippen LogP contribution is -2.52. The monoisotopic (exact) mass is 207 g/mol. The van der Waals surface area contributed by atoms with Crippen LogP contribution in [0.2, 0.25) is 0 Å². The van der Waals surface area contributed by atoms with Gasteiger partial charge >= 0.3 is 6.18 Å². The zero-order valence-electron chi connectivity index (χ0n) is 6.20. The first kappa shape index (κ1) is 12.0. The molecule has 1 nitrogen and oxygen atoms in total. The van der Waals surface area contributed by atoms with E-state index in [1.54, 1.807) is 0 Å². The summed E-state index contributed by atoms with van der Waals surface area (Å²) in [6.07, 6.45) is -5.73. The topological polar surface area (TPSA) is 12.0 Å². The standard InChI is InChI=1S/C6H9F4N.ClH/c7-4-2-1-3-11-5(4)6(8,9)10;/h4-5,11H,1-3H2;1H/t4-,5+;/m1./s1. The van der Waals surface area contributed by atoms with Gasteiger partial charge in [-0.15, -0.1) is 12.4 Å². The highest BCUT2D eigenvalue weighted by Crippen LogP contribution is 2.27. The molecule has 0 amide bonds. The lowest BCUT2D eigenvalue weighted by molar-refractivity contribution is -0.174. The fraction of sp³-hybridized carbons (Fsp3) is 1.00. The molecule has 0 unspecified atom stereocenters. The summed E-state index contributed by atoms with van der Waals surface area (Å²) in [6.45, 7) is 0.255. The van der Waals surface area contributed by atoms with Crippen LogP contribution in [0.4, 0.5) is 17.6 Å². The Morgan fingerprint density at radius 2 is 1.83 bits per heavy atom. The molecule has 0 aromatic rings. The van der Waals surface area contributed by atoms with Crippen molar-refractivity contribution in [3.05, 3.63) is 0 Å². The van der Waals surface area contributed by atoms with E-state index in [1.807, 2.05) is 0 Å². The number of halogens is 5. The van der Waals surface area contributed by atoms with Crippen molar-refractivity contribution in [1.29, 1.82) is 0 Å². The van der Waals surface area contributed by atoms with Gasteiger partial charge in [-0.3, -0.25) is 0 Å². The third kappa shape index (κ3) is 2.79. The summed E-state index contributed by atoms with van der Waals surface area (Å²) >= 11 is 0. The second kappa shape index (κ2) is 4.28. The Bertz CT molecular complexity index is 138. The Hall–Kier alpha value is -0.0300. The van der Waals surface area contributed by atoms with Crippen LogP contribution in [-0.4, -0.2) is 24.9 Å². The molecule has 1 saturated heterocycles. The van der Waals surface area contributed by atoms with Gasteiger partial charge in [-0.25, -0.2) is 4.39 Å². The Morgan fingerprint density at radius 3 is 2.17 bits per heavy atom. The summed E-state index contributed by atoms with van der Waals surface area (Å²) in [5.41, 5.74) is 0. The van der Waals surface area contributed by atoms with E-state index in [0.717, 1.165) is 0 Å². The Labute approximate surface area is 73.9 Å². The maximum absolute atomic E-state index is 12.6. The maximum atomic E-state index is 12.6. The molecule has 0 bridgehead atoms. The van der Waals surface area contributed by atoms with E-state index in [1.165, 1.54) is 0 Å². The van der Waals surface area contributed by atoms with Crippen LogP contribution in [0.3, 0.4) is 0 Å². The van der Waals surface area contributed by atoms with E-state index >= 15 is 0 Å².